The highest BCUT2D eigenvalue weighted by Crippen LogP contribution is 2.42. The third-order valence-corrected chi connectivity index (χ3v) is 4.24. The number of nitrogen functional groups attached to an aromatic ring is 1. The van der Waals surface area contributed by atoms with Gasteiger partial charge < -0.3 is 5.73 Å². The summed E-state index contributed by atoms with van der Waals surface area (Å²) >= 11 is 1.54. The maximum absolute atomic E-state index is 13.4. The summed E-state index contributed by atoms with van der Waals surface area (Å²) < 4.78 is 13.4. The first-order chi connectivity index (χ1) is 8.13. The van der Waals surface area contributed by atoms with Crippen LogP contribution in [0.2, 0.25) is 0 Å². The molecule has 0 bridgehead atoms. The Morgan fingerprint density at radius 1 is 1.41 bits per heavy atom. The number of hydrogen-bond donors (Lipinski definition) is 1. The number of rotatable bonds is 1. The van der Waals surface area contributed by atoms with Gasteiger partial charge in [-0.05, 0) is 43.0 Å². The molecule has 1 aliphatic carbocycles. The summed E-state index contributed by atoms with van der Waals surface area (Å²) in [6, 6.07) is 5.24. The Bertz CT molecular complexity index is 557. The van der Waals surface area contributed by atoms with Gasteiger partial charge in [-0.2, -0.15) is 0 Å². The zero-order chi connectivity index (χ0) is 12.0. The number of aryl methyl sites for hydroxylation is 2. The fraction of sp³-hybridized carbons (Fsp3) is 0.308. The Kier molecular flexibility index (Phi) is 2.40. The third-order valence-electron chi connectivity index (χ3n) is 3.20. The second-order valence-electron chi connectivity index (χ2n) is 4.52. The van der Waals surface area contributed by atoms with Crippen molar-refractivity contribution in [2.45, 2.75) is 25.7 Å². The largest absolute Gasteiger partial charge is 0.375 e. The van der Waals surface area contributed by atoms with Crippen LogP contribution in [0.3, 0.4) is 0 Å². The molecule has 17 heavy (non-hydrogen) atoms. The zero-order valence-electron chi connectivity index (χ0n) is 9.53. The van der Waals surface area contributed by atoms with Crippen molar-refractivity contribution in [2.75, 3.05) is 5.73 Å². The molecule has 1 heterocycles. The summed E-state index contributed by atoms with van der Waals surface area (Å²) in [4.78, 5) is 5.53. The minimum atomic E-state index is -0.161. The summed E-state index contributed by atoms with van der Waals surface area (Å²) in [7, 11) is 0. The molecule has 2 N–H and O–H groups in total. The molecule has 0 aliphatic heterocycles. The van der Waals surface area contributed by atoms with Crippen LogP contribution >= 0.6 is 11.3 Å². The van der Waals surface area contributed by atoms with Crippen LogP contribution in [0.4, 0.5) is 9.52 Å². The van der Waals surface area contributed by atoms with Crippen molar-refractivity contribution in [3.8, 4) is 0 Å². The molecule has 1 aliphatic rings. The van der Waals surface area contributed by atoms with Crippen molar-refractivity contribution in [1.29, 1.82) is 0 Å². The summed E-state index contributed by atoms with van der Waals surface area (Å²) in [5, 5.41) is 0.618. The standard InChI is InChI=1S/C13H13FN2S/c1-7-4-8(6-9(14)5-7)10-2-3-11-12(10)17-13(15)16-11/h4-6,10H,2-3H2,1H3,(H2,15,16). The molecule has 4 heteroatoms. The van der Waals surface area contributed by atoms with Crippen molar-refractivity contribution < 1.29 is 4.39 Å². The Hall–Kier alpha value is -1.42. The van der Waals surface area contributed by atoms with E-state index in [1.54, 1.807) is 12.1 Å². The first-order valence-electron chi connectivity index (χ1n) is 5.65. The van der Waals surface area contributed by atoms with Crippen LogP contribution in [0, 0.1) is 12.7 Å². The van der Waals surface area contributed by atoms with Gasteiger partial charge >= 0.3 is 0 Å². The van der Waals surface area contributed by atoms with Gasteiger partial charge in [0.25, 0.3) is 0 Å². The van der Waals surface area contributed by atoms with Gasteiger partial charge in [0.05, 0.1) is 5.69 Å². The number of benzene rings is 1. The number of nitrogens with zero attached hydrogens (tertiary/aromatic N) is 1. The topological polar surface area (TPSA) is 38.9 Å². The molecule has 1 aromatic heterocycles. The van der Waals surface area contributed by atoms with Gasteiger partial charge in [0, 0.05) is 10.8 Å². The van der Waals surface area contributed by atoms with E-state index in [9.17, 15) is 4.39 Å². The van der Waals surface area contributed by atoms with Crippen molar-refractivity contribution >= 4 is 16.5 Å². The van der Waals surface area contributed by atoms with Gasteiger partial charge in [-0.25, -0.2) is 9.37 Å². The first kappa shape index (κ1) is 10.7. The van der Waals surface area contributed by atoms with Crippen molar-refractivity contribution in [3.63, 3.8) is 0 Å². The number of anilines is 1. The molecule has 0 amide bonds. The van der Waals surface area contributed by atoms with E-state index in [0.717, 1.165) is 29.7 Å². The van der Waals surface area contributed by atoms with E-state index >= 15 is 0 Å². The van der Waals surface area contributed by atoms with Gasteiger partial charge in [0.2, 0.25) is 0 Å². The Labute approximate surface area is 103 Å². The molecular weight excluding hydrogens is 235 g/mol. The molecule has 0 saturated carbocycles. The fourth-order valence-corrected chi connectivity index (χ4v) is 3.57. The van der Waals surface area contributed by atoms with Gasteiger partial charge in [0.15, 0.2) is 5.13 Å². The van der Waals surface area contributed by atoms with E-state index in [1.807, 2.05) is 6.92 Å². The number of thiazole rings is 1. The molecule has 0 spiro atoms. The van der Waals surface area contributed by atoms with Gasteiger partial charge in [-0.15, -0.1) is 11.3 Å². The smallest absolute Gasteiger partial charge is 0.180 e. The van der Waals surface area contributed by atoms with E-state index in [2.05, 4.69) is 11.1 Å². The highest BCUT2D eigenvalue weighted by Gasteiger charge is 2.28. The lowest BCUT2D eigenvalue weighted by Crippen LogP contribution is -1.96. The van der Waals surface area contributed by atoms with E-state index < -0.39 is 0 Å². The van der Waals surface area contributed by atoms with Crippen LogP contribution in [-0.4, -0.2) is 4.98 Å². The molecule has 3 rings (SSSR count). The molecule has 2 aromatic rings. The quantitative estimate of drug-likeness (QED) is 0.841. The lowest BCUT2D eigenvalue weighted by atomic mass is 9.97. The summed E-state index contributed by atoms with van der Waals surface area (Å²) in [5.41, 5.74) is 8.83. The Morgan fingerprint density at radius 2 is 2.24 bits per heavy atom. The van der Waals surface area contributed by atoms with E-state index in [0.29, 0.717) is 5.13 Å². The lowest BCUT2D eigenvalue weighted by Gasteiger charge is -2.11. The molecule has 88 valence electrons. The third kappa shape index (κ3) is 1.82. The summed E-state index contributed by atoms with van der Waals surface area (Å²) in [6.07, 6.45) is 1.96. The predicted molar refractivity (Wildman–Crippen MR) is 67.8 cm³/mol. The Morgan fingerprint density at radius 3 is 3.00 bits per heavy atom. The molecule has 1 atom stereocenters. The zero-order valence-corrected chi connectivity index (χ0v) is 10.4. The number of nitrogens with two attached hydrogens (primary N) is 1. The molecule has 0 fully saturated rings. The van der Waals surface area contributed by atoms with Crippen molar-refractivity contribution in [3.05, 3.63) is 45.7 Å². The van der Waals surface area contributed by atoms with E-state index in [4.69, 9.17) is 5.73 Å². The number of aromatic nitrogens is 1. The number of hydrogen-bond acceptors (Lipinski definition) is 3. The van der Waals surface area contributed by atoms with Crippen molar-refractivity contribution in [2.24, 2.45) is 0 Å². The van der Waals surface area contributed by atoms with E-state index in [-0.39, 0.29) is 11.7 Å². The fourth-order valence-electron chi connectivity index (χ4n) is 2.53. The predicted octanol–water partition coefficient (Wildman–Crippen LogP) is 3.25. The number of halogens is 1. The highest BCUT2D eigenvalue weighted by molar-refractivity contribution is 7.15. The van der Waals surface area contributed by atoms with Crippen molar-refractivity contribution in [1.82, 2.24) is 4.98 Å². The van der Waals surface area contributed by atoms with Gasteiger partial charge in [-0.1, -0.05) is 6.07 Å². The Balaban J connectivity index is 2.05. The number of fused-ring (bicyclic) bond motifs is 1. The second kappa shape index (κ2) is 3.81. The minimum Gasteiger partial charge on any atom is -0.375 e. The maximum atomic E-state index is 13.4. The molecule has 0 radical (unpaired) electrons. The summed E-state index contributed by atoms with van der Waals surface area (Å²) in [6.45, 7) is 1.92. The first-order valence-corrected chi connectivity index (χ1v) is 6.47. The van der Waals surface area contributed by atoms with Crippen LogP contribution < -0.4 is 5.73 Å². The molecule has 0 saturated heterocycles. The average molecular weight is 248 g/mol. The lowest BCUT2D eigenvalue weighted by molar-refractivity contribution is 0.621. The molecule has 1 unspecified atom stereocenters. The van der Waals surface area contributed by atoms with E-state index in [1.165, 1.54) is 16.2 Å². The molecule has 1 aromatic carbocycles. The highest BCUT2D eigenvalue weighted by atomic mass is 32.1. The monoisotopic (exact) mass is 248 g/mol. The summed E-state index contributed by atoms with van der Waals surface area (Å²) in [5.74, 6) is 0.111. The van der Waals surface area contributed by atoms with Crippen LogP contribution in [0.5, 0.6) is 0 Å². The normalized spacial score (nSPS) is 18.4. The maximum Gasteiger partial charge on any atom is 0.180 e. The average Bonchev–Trinajstić information content (AvgIpc) is 2.74. The molecule has 2 nitrogen and oxygen atoms in total. The van der Waals surface area contributed by atoms with Crippen LogP contribution in [-0.2, 0) is 6.42 Å². The van der Waals surface area contributed by atoms with Gasteiger partial charge in [-0.3, -0.25) is 0 Å². The van der Waals surface area contributed by atoms with Crippen LogP contribution in [0.1, 0.15) is 34.0 Å². The molecular formula is C13H13FN2S. The SMILES string of the molecule is Cc1cc(F)cc(C2CCc3nc(N)sc32)c1. The second-order valence-corrected chi connectivity index (χ2v) is 5.58. The van der Waals surface area contributed by atoms with Crippen LogP contribution in [0.25, 0.3) is 0 Å². The van der Waals surface area contributed by atoms with Crippen LogP contribution in [0.15, 0.2) is 18.2 Å². The van der Waals surface area contributed by atoms with Gasteiger partial charge in [0.1, 0.15) is 5.82 Å². The minimum absolute atomic E-state index is 0.161.